The molecule has 0 aliphatic heterocycles. The van der Waals surface area contributed by atoms with E-state index in [1.54, 1.807) is 0 Å². The molecule has 0 aliphatic carbocycles. The third kappa shape index (κ3) is 2.89. The number of aromatic nitrogens is 4. The number of carbonyl (C=O) groups excluding carboxylic acids is 1. The average Bonchev–Trinajstić information content (AvgIpc) is 2.71. The van der Waals surface area contributed by atoms with Gasteiger partial charge >= 0.3 is 0 Å². The number of primary sulfonamides is 1. The Bertz CT molecular complexity index is 801. The number of aromatic amines is 1. The van der Waals surface area contributed by atoms with Gasteiger partial charge in [-0.15, -0.1) is 0 Å². The van der Waals surface area contributed by atoms with E-state index in [2.05, 4.69) is 20.6 Å². The fraction of sp³-hybridized carbons (Fsp3) is 0.111. The molecule has 0 radical (unpaired) electrons. The van der Waals surface area contributed by atoms with Crippen molar-refractivity contribution in [1.82, 2.24) is 20.0 Å². The molecule has 106 valence electrons. The molecule has 2 heterocycles. The zero-order valence-corrected chi connectivity index (χ0v) is 11.0. The molecule has 0 saturated heterocycles. The van der Waals surface area contributed by atoms with Gasteiger partial charge in [0.15, 0.2) is 5.82 Å². The van der Waals surface area contributed by atoms with Crippen LogP contribution in [0.5, 0.6) is 0 Å². The molecule has 2 aromatic heterocycles. The van der Waals surface area contributed by atoms with Crippen LogP contribution >= 0.6 is 0 Å². The van der Waals surface area contributed by atoms with Gasteiger partial charge in [0.2, 0.25) is 10.0 Å². The zero-order valence-electron chi connectivity index (χ0n) is 10.2. The van der Waals surface area contributed by atoms with Gasteiger partial charge in [-0.05, 0) is 6.07 Å². The standard InChI is InChI=1S/C9H10N6O4S/c1-15-4-6(20(10,18)19)8(14-15)11-9(17)5-2-3-7(16)13-12-5/h2-4H,1H3,(H,13,16)(H2,10,18,19)(H,11,14,17). The molecule has 0 unspecified atom stereocenters. The number of hydrogen-bond donors (Lipinski definition) is 3. The fourth-order valence-corrected chi connectivity index (χ4v) is 2.06. The summed E-state index contributed by atoms with van der Waals surface area (Å²) in [5, 5.41) is 16.6. The molecule has 0 fully saturated rings. The fourth-order valence-electron chi connectivity index (χ4n) is 1.40. The lowest BCUT2D eigenvalue weighted by molar-refractivity contribution is 0.102. The van der Waals surface area contributed by atoms with Crippen molar-refractivity contribution >= 4 is 21.7 Å². The van der Waals surface area contributed by atoms with Crippen LogP contribution in [-0.4, -0.2) is 34.3 Å². The van der Waals surface area contributed by atoms with Crippen molar-refractivity contribution in [3.8, 4) is 0 Å². The number of nitrogens with two attached hydrogens (primary N) is 1. The van der Waals surface area contributed by atoms with E-state index in [9.17, 15) is 18.0 Å². The summed E-state index contributed by atoms with van der Waals surface area (Å²) in [6.07, 6.45) is 1.16. The highest BCUT2D eigenvalue weighted by molar-refractivity contribution is 7.89. The van der Waals surface area contributed by atoms with Crippen LogP contribution in [0, 0.1) is 0 Å². The molecule has 2 aromatic rings. The Morgan fingerprint density at radius 2 is 2.15 bits per heavy atom. The minimum atomic E-state index is -4.02. The summed E-state index contributed by atoms with van der Waals surface area (Å²) >= 11 is 0. The Morgan fingerprint density at radius 1 is 1.45 bits per heavy atom. The van der Waals surface area contributed by atoms with Crippen LogP contribution in [0.4, 0.5) is 5.82 Å². The van der Waals surface area contributed by atoms with Gasteiger partial charge in [-0.3, -0.25) is 14.3 Å². The van der Waals surface area contributed by atoms with E-state index in [0.29, 0.717) is 0 Å². The maximum Gasteiger partial charge on any atom is 0.277 e. The molecule has 10 nitrogen and oxygen atoms in total. The molecule has 11 heteroatoms. The lowest BCUT2D eigenvalue weighted by atomic mass is 10.3. The van der Waals surface area contributed by atoms with Crippen molar-refractivity contribution in [2.24, 2.45) is 12.2 Å². The highest BCUT2D eigenvalue weighted by Crippen LogP contribution is 2.17. The summed E-state index contributed by atoms with van der Waals surface area (Å²) in [4.78, 5) is 22.3. The van der Waals surface area contributed by atoms with Gasteiger partial charge in [-0.1, -0.05) is 0 Å². The quantitative estimate of drug-likeness (QED) is 0.620. The van der Waals surface area contributed by atoms with Gasteiger partial charge in [0.1, 0.15) is 10.6 Å². The first-order valence-corrected chi connectivity index (χ1v) is 6.75. The van der Waals surface area contributed by atoms with Gasteiger partial charge in [-0.2, -0.15) is 10.2 Å². The maximum atomic E-state index is 11.8. The zero-order chi connectivity index (χ0) is 14.9. The lowest BCUT2D eigenvalue weighted by Crippen LogP contribution is -2.20. The highest BCUT2D eigenvalue weighted by Gasteiger charge is 2.20. The minimum absolute atomic E-state index is 0.101. The van der Waals surface area contributed by atoms with E-state index >= 15 is 0 Å². The smallest absolute Gasteiger partial charge is 0.277 e. The third-order valence-electron chi connectivity index (χ3n) is 2.25. The van der Waals surface area contributed by atoms with Gasteiger partial charge in [-0.25, -0.2) is 18.7 Å². The van der Waals surface area contributed by atoms with E-state index < -0.39 is 21.5 Å². The normalized spacial score (nSPS) is 11.3. The molecule has 1 amide bonds. The van der Waals surface area contributed by atoms with Crippen molar-refractivity contribution in [3.05, 3.63) is 34.4 Å². The Morgan fingerprint density at radius 3 is 2.70 bits per heavy atom. The number of nitrogens with one attached hydrogen (secondary N) is 2. The molecule has 4 N–H and O–H groups in total. The summed E-state index contributed by atoms with van der Waals surface area (Å²) in [7, 11) is -2.55. The predicted octanol–water partition coefficient (Wildman–Crippen LogP) is -1.60. The maximum absolute atomic E-state index is 11.8. The first-order valence-electron chi connectivity index (χ1n) is 5.21. The number of nitrogens with zero attached hydrogens (tertiary/aromatic N) is 3. The number of sulfonamides is 1. The number of amides is 1. The van der Waals surface area contributed by atoms with E-state index in [0.717, 1.165) is 12.3 Å². The van der Waals surface area contributed by atoms with Crippen LogP contribution in [0.2, 0.25) is 0 Å². The first kappa shape index (κ1) is 13.9. The Balaban J connectivity index is 2.33. The summed E-state index contributed by atoms with van der Waals surface area (Å²) in [5.41, 5.74) is -0.569. The van der Waals surface area contributed by atoms with E-state index in [-0.39, 0.29) is 16.4 Å². The van der Waals surface area contributed by atoms with Gasteiger partial charge in [0.05, 0.1) is 0 Å². The van der Waals surface area contributed by atoms with Crippen LogP contribution in [0.25, 0.3) is 0 Å². The van der Waals surface area contributed by atoms with Crippen molar-refractivity contribution in [1.29, 1.82) is 0 Å². The average molecular weight is 298 g/mol. The van der Waals surface area contributed by atoms with Crippen molar-refractivity contribution in [2.45, 2.75) is 4.90 Å². The van der Waals surface area contributed by atoms with Crippen molar-refractivity contribution in [3.63, 3.8) is 0 Å². The second kappa shape index (κ2) is 4.86. The van der Waals surface area contributed by atoms with E-state index in [1.165, 1.54) is 17.8 Å². The van der Waals surface area contributed by atoms with Gasteiger partial charge < -0.3 is 5.32 Å². The first-order chi connectivity index (χ1) is 9.27. The Kier molecular flexibility index (Phi) is 3.38. The second-order valence-electron chi connectivity index (χ2n) is 3.82. The number of hydrogen-bond acceptors (Lipinski definition) is 6. The van der Waals surface area contributed by atoms with E-state index in [1.807, 2.05) is 0 Å². The van der Waals surface area contributed by atoms with Crippen LogP contribution in [0.1, 0.15) is 10.5 Å². The second-order valence-corrected chi connectivity index (χ2v) is 5.35. The molecule has 20 heavy (non-hydrogen) atoms. The summed E-state index contributed by atoms with van der Waals surface area (Å²) < 4.78 is 23.9. The Hall–Kier alpha value is -2.53. The SMILES string of the molecule is Cn1cc(S(N)(=O)=O)c(NC(=O)c2ccc(=O)[nH]n2)n1. The number of aryl methyl sites for hydroxylation is 1. The molecule has 0 atom stereocenters. The largest absolute Gasteiger partial charge is 0.303 e. The minimum Gasteiger partial charge on any atom is -0.303 e. The van der Waals surface area contributed by atoms with E-state index in [4.69, 9.17) is 5.14 Å². The predicted molar refractivity (Wildman–Crippen MR) is 67.4 cm³/mol. The molecule has 0 saturated carbocycles. The summed E-state index contributed by atoms with van der Waals surface area (Å²) in [5.74, 6) is -0.946. The van der Waals surface area contributed by atoms with Crippen molar-refractivity contribution < 1.29 is 13.2 Å². The van der Waals surface area contributed by atoms with Crippen LogP contribution in [-0.2, 0) is 17.1 Å². The number of anilines is 1. The molecular weight excluding hydrogens is 288 g/mol. The topological polar surface area (TPSA) is 153 Å². The number of carbonyl (C=O) groups is 1. The van der Waals surface area contributed by atoms with Crippen LogP contribution in [0.3, 0.4) is 0 Å². The molecule has 0 bridgehead atoms. The van der Waals surface area contributed by atoms with Gasteiger partial charge in [0, 0.05) is 19.3 Å². The molecule has 0 aliphatic rings. The molecule has 2 rings (SSSR count). The Labute approximate surface area is 112 Å². The van der Waals surface area contributed by atoms with Crippen LogP contribution < -0.4 is 16.0 Å². The van der Waals surface area contributed by atoms with Crippen LogP contribution in [0.15, 0.2) is 28.0 Å². The third-order valence-corrected chi connectivity index (χ3v) is 3.16. The van der Waals surface area contributed by atoms with Crippen molar-refractivity contribution in [2.75, 3.05) is 5.32 Å². The summed E-state index contributed by atoms with van der Waals surface area (Å²) in [6, 6.07) is 2.30. The molecule has 0 aromatic carbocycles. The number of rotatable bonds is 3. The molecule has 0 spiro atoms. The monoisotopic (exact) mass is 298 g/mol. The lowest BCUT2D eigenvalue weighted by Gasteiger charge is -2.02. The van der Waals surface area contributed by atoms with Gasteiger partial charge in [0.25, 0.3) is 11.5 Å². The number of H-pyrrole nitrogens is 1. The highest BCUT2D eigenvalue weighted by atomic mass is 32.2. The summed E-state index contributed by atoms with van der Waals surface area (Å²) in [6.45, 7) is 0. The molecular formula is C9H10N6O4S.